The zero-order valence-corrected chi connectivity index (χ0v) is 18.2. The Bertz CT molecular complexity index is 607. The van der Waals surface area contributed by atoms with Gasteiger partial charge in [-0.3, -0.25) is 14.5 Å². The summed E-state index contributed by atoms with van der Waals surface area (Å²) >= 11 is 0. The Kier molecular flexibility index (Phi) is 8.48. The number of benzene rings is 1. The minimum absolute atomic E-state index is 0.0437. The van der Waals surface area contributed by atoms with Gasteiger partial charge in [0.1, 0.15) is 6.04 Å². The van der Waals surface area contributed by atoms with Crippen molar-refractivity contribution in [2.24, 2.45) is 0 Å². The minimum atomic E-state index is -0.577. The van der Waals surface area contributed by atoms with Gasteiger partial charge in [0.05, 0.1) is 0 Å². The van der Waals surface area contributed by atoms with Crippen molar-refractivity contribution >= 4 is 11.8 Å². The predicted molar refractivity (Wildman–Crippen MR) is 112 cm³/mol. The van der Waals surface area contributed by atoms with Crippen LogP contribution in [0.2, 0.25) is 0 Å². The van der Waals surface area contributed by atoms with E-state index in [2.05, 4.69) is 64.0 Å². The third-order valence-electron chi connectivity index (χ3n) is 4.75. The highest BCUT2D eigenvalue weighted by Crippen LogP contribution is 2.22. The SMILES string of the molecule is CC(NC(=O)c1ccc(C(C)(C)C)cc1)C(=O)NCCN(C(C)C)C(C)C. The van der Waals surface area contributed by atoms with Crippen LogP contribution < -0.4 is 10.6 Å². The van der Waals surface area contributed by atoms with Crippen molar-refractivity contribution < 1.29 is 9.59 Å². The van der Waals surface area contributed by atoms with E-state index in [4.69, 9.17) is 0 Å². The van der Waals surface area contributed by atoms with Crippen LogP contribution in [0.15, 0.2) is 24.3 Å². The van der Waals surface area contributed by atoms with Crippen LogP contribution in [0.5, 0.6) is 0 Å². The summed E-state index contributed by atoms with van der Waals surface area (Å²) in [5.74, 6) is -0.397. The molecule has 0 saturated heterocycles. The topological polar surface area (TPSA) is 61.4 Å². The summed E-state index contributed by atoms with van der Waals surface area (Å²) in [6.07, 6.45) is 0. The number of carbonyl (C=O) groups excluding carboxylic acids is 2. The lowest BCUT2D eigenvalue weighted by Gasteiger charge is -2.30. The molecule has 1 aromatic rings. The second-order valence-electron chi connectivity index (χ2n) is 8.74. The molecular formula is C22H37N3O2. The van der Waals surface area contributed by atoms with Crippen LogP contribution in [-0.4, -0.2) is 47.9 Å². The fourth-order valence-corrected chi connectivity index (χ4v) is 3.04. The van der Waals surface area contributed by atoms with E-state index in [0.717, 1.165) is 6.54 Å². The lowest BCUT2D eigenvalue weighted by atomic mass is 9.86. The normalized spacial score (nSPS) is 13.1. The van der Waals surface area contributed by atoms with Crippen molar-refractivity contribution in [2.45, 2.75) is 78.9 Å². The largest absolute Gasteiger partial charge is 0.353 e. The Morgan fingerprint density at radius 1 is 0.963 bits per heavy atom. The number of hydrogen-bond donors (Lipinski definition) is 2. The van der Waals surface area contributed by atoms with Gasteiger partial charge in [0.15, 0.2) is 0 Å². The summed E-state index contributed by atoms with van der Waals surface area (Å²) in [4.78, 5) is 27.0. The number of nitrogens with one attached hydrogen (secondary N) is 2. The Hall–Kier alpha value is -1.88. The van der Waals surface area contributed by atoms with Gasteiger partial charge in [0.25, 0.3) is 5.91 Å². The summed E-state index contributed by atoms with van der Waals surface area (Å²) in [6.45, 7) is 18.1. The van der Waals surface area contributed by atoms with E-state index in [-0.39, 0.29) is 17.2 Å². The molecule has 1 atom stereocenters. The second kappa shape index (κ2) is 9.88. The number of carbonyl (C=O) groups is 2. The van der Waals surface area contributed by atoms with E-state index < -0.39 is 6.04 Å². The summed E-state index contributed by atoms with van der Waals surface area (Å²) in [5, 5.41) is 5.69. The van der Waals surface area contributed by atoms with Gasteiger partial charge < -0.3 is 10.6 Å². The van der Waals surface area contributed by atoms with E-state index in [1.165, 1.54) is 5.56 Å². The molecule has 27 heavy (non-hydrogen) atoms. The van der Waals surface area contributed by atoms with E-state index in [1.807, 2.05) is 24.3 Å². The van der Waals surface area contributed by atoms with Gasteiger partial charge in [-0.15, -0.1) is 0 Å². The van der Waals surface area contributed by atoms with Gasteiger partial charge in [-0.2, -0.15) is 0 Å². The minimum Gasteiger partial charge on any atom is -0.353 e. The van der Waals surface area contributed by atoms with Crippen molar-refractivity contribution in [3.8, 4) is 0 Å². The first-order valence-electron chi connectivity index (χ1n) is 9.88. The number of amides is 2. The molecule has 1 unspecified atom stereocenters. The van der Waals surface area contributed by atoms with Gasteiger partial charge in [0.2, 0.25) is 5.91 Å². The number of nitrogens with zero attached hydrogens (tertiary/aromatic N) is 1. The summed E-state index contributed by atoms with van der Waals surface area (Å²) in [5.41, 5.74) is 1.78. The quantitative estimate of drug-likeness (QED) is 0.733. The van der Waals surface area contributed by atoms with Crippen molar-refractivity contribution in [1.29, 1.82) is 0 Å². The molecule has 2 amide bonds. The molecule has 1 rings (SSSR count). The third kappa shape index (κ3) is 7.33. The highest BCUT2D eigenvalue weighted by atomic mass is 16.2. The molecule has 2 N–H and O–H groups in total. The molecule has 0 radical (unpaired) electrons. The van der Waals surface area contributed by atoms with Gasteiger partial charge in [-0.1, -0.05) is 32.9 Å². The first-order valence-corrected chi connectivity index (χ1v) is 9.88. The highest BCUT2D eigenvalue weighted by Gasteiger charge is 2.19. The van der Waals surface area contributed by atoms with Crippen LogP contribution in [-0.2, 0) is 10.2 Å². The monoisotopic (exact) mass is 375 g/mol. The summed E-state index contributed by atoms with van der Waals surface area (Å²) in [6, 6.07) is 7.82. The first-order chi connectivity index (χ1) is 12.4. The van der Waals surface area contributed by atoms with E-state index in [0.29, 0.717) is 24.2 Å². The molecule has 0 saturated carbocycles. The maximum Gasteiger partial charge on any atom is 0.251 e. The van der Waals surface area contributed by atoms with Crippen LogP contribution in [0.1, 0.15) is 71.3 Å². The Morgan fingerprint density at radius 2 is 1.48 bits per heavy atom. The molecule has 0 aliphatic rings. The van der Waals surface area contributed by atoms with Gasteiger partial charge >= 0.3 is 0 Å². The van der Waals surface area contributed by atoms with Gasteiger partial charge in [-0.05, 0) is 57.7 Å². The molecule has 0 bridgehead atoms. The Balaban J connectivity index is 2.53. The van der Waals surface area contributed by atoms with Crippen LogP contribution in [0.4, 0.5) is 0 Å². The second-order valence-corrected chi connectivity index (χ2v) is 8.74. The molecule has 0 aliphatic carbocycles. The van der Waals surface area contributed by atoms with E-state index in [9.17, 15) is 9.59 Å². The smallest absolute Gasteiger partial charge is 0.251 e. The van der Waals surface area contributed by atoms with Crippen molar-refractivity contribution in [2.75, 3.05) is 13.1 Å². The standard InChI is InChI=1S/C22H37N3O2/c1-15(2)25(16(3)4)14-13-23-20(26)17(5)24-21(27)18-9-11-19(12-10-18)22(6,7)8/h9-12,15-17H,13-14H2,1-8H3,(H,23,26)(H,24,27). The number of hydrogen-bond acceptors (Lipinski definition) is 3. The Labute approximate surface area is 164 Å². The summed E-state index contributed by atoms with van der Waals surface area (Å²) < 4.78 is 0. The van der Waals surface area contributed by atoms with Crippen molar-refractivity contribution in [1.82, 2.24) is 15.5 Å². The fraction of sp³-hybridized carbons (Fsp3) is 0.636. The van der Waals surface area contributed by atoms with Crippen LogP contribution in [0.3, 0.4) is 0 Å². The maximum absolute atomic E-state index is 12.4. The predicted octanol–water partition coefficient (Wildman–Crippen LogP) is 3.34. The molecule has 0 aliphatic heterocycles. The van der Waals surface area contributed by atoms with E-state index >= 15 is 0 Å². The molecule has 0 fully saturated rings. The lowest BCUT2D eigenvalue weighted by Crippen LogP contribution is -2.48. The van der Waals surface area contributed by atoms with Crippen molar-refractivity contribution in [3.63, 3.8) is 0 Å². The molecule has 152 valence electrons. The summed E-state index contributed by atoms with van der Waals surface area (Å²) in [7, 11) is 0. The fourth-order valence-electron chi connectivity index (χ4n) is 3.04. The highest BCUT2D eigenvalue weighted by molar-refractivity contribution is 5.97. The first kappa shape index (κ1) is 23.2. The van der Waals surface area contributed by atoms with E-state index in [1.54, 1.807) is 6.92 Å². The average Bonchev–Trinajstić information content (AvgIpc) is 2.56. The third-order valence-corrected chi connectivity index (χ3v) is 4.75. The molecular weight excluding hydrogens is 338 g/mol. The molecule has 0 aromatic heterocycles. The average molecular weight is 376 g/mol. The van der Waals surface area contributed by atoms with Crippen molar-refractivity contribution in [3.05, 3.63) is 35.4 Å². The zero-order chi connectivity index (χ0) is 20.8. The van der Waals surface area contributed by atoms with Gasteiger partial charge in [-0.25, -0.2) is 0 Å². The molecule has 5 nitrogen and oxygen atoms in total. The molecule has 5 heteroatoms. The maximum atomic E-state index is 12.4. The van der Waals surface area contributed by atoms with Crippen LogP contribution in [0, 0.1) is 0 Å². The van der Waals surface area contributed by atoms with Crippen LogP contribution in [0.25, 0.3) is 0 Å². The number of rotatable bonds is 8. The molecule has 0 spiro atoms. The zero-order valence-electron chi connectivity index (χ0n) is 18.2. The molecule has 0 heterocycles. The Morgan fingerprint density at radius 3 is 1.93 bits per heavy atom. The van der Waals surface area contributed by atoms with Crippen LogP contribution >= 0.6 is 0 Å². The lowest BCUT2D eigenvalue weighted by molar-refractivity contribution is -0.122. The molecule has 1 aromatic carbocycles. The van der Waals surface area contributed by atoms with Gasteiger partial charge in [0, 0.05) is 30.7 Å².